The number of rotatable bonds is 5. The van der Waals surface area contributed by atoms with Gasteiger partial charge in [-0.2, -0.15) is 0 Å². The number of anilines is 1. The van der Waals surface area contributed by atoms with Gasteiger partial charge in [-0.15, -0.1) is 0 Å². The number of carbonyl (C=O) groups is 2. The minimum atomic E-state index is -0.264. The standard InChI is InChI=1S/C17H18N2O3/c1-18-17(21)14-5-3-4-6-15(14)19-16(20)13-9-7-12(8-10-13)11-22-2/h3-10H,11H2,1-2H3,(H,18,21)(H,19,20). The summed E-state index contributed by atoms with van der Waals surface area (Å²) in [5, 5.41) is 5.31. The number of ether oxygens (including phenoxy) is 1. The number of benzene rings is 2. The quantitative estimate of drug-likeness (QED) is 0.891. The third-order valence-electron chi connectivity index (χ3n) is 3.17. The van der Waals surface area contributed by atoms with E-state index in [1.807, 2.05) is 12.1 Å². The first kappa shape index (κ1) is 15.7. The summed E-state index contributed by atoms with van der Waals surface area (Å²) in [6, 6.07) is 14.0. The van der Waals surface area contributed by atoms with Crippen LogP contribution in [0.2, 0.25) is 0 Å². The lowest BCUT2D eigenvalue weighted by molar-refractivity contribution is 0.0964. The Morgan fingerprint density at radius 2 is 1.68 bits per heavy atom. The van der Waals surface area contributed by atoms with Crippen LogP contribution >= 0.6 is 0 Å². The summed E-state index contributed by atoms with van der Waals surface area (Å²) < 4.78 is 5.03. The Morgan fingerprint density at radius 1 is 1.00 bits per heavy atom. The fourth-order valence-electron chi connectivity index (χ4n) is 2.04. The summed E-state index contributed by atoms with van der Waals surface area (Å²) >= 11 is 0. The van der Waals surface area contributed by atoms with Crippen LogP contribution in [0.4, 0.5) is 5.69 Å². The summed E-state index contributed by atoms with van der Waals surface area (Å²) in [5.41, 5.74) is 2.42. The van der Waals surface area contributed by atoms with Crippen molar-refractivity contribution >= 4 is 17.5 Å². The Kier molecular flexibility index (Phi) is 5.27. The molecule has 0 unspecified atom stereocenters. The first-order valence-corrected chi connectivity index (χ1v) is 6.86. The topological polar surface area (TPSA) is 67.4 Å². The maximum atomic E-state index is 12.3. The van der Waals surface area contributed by atoms with Crippen LogP contribution in [0.15, 0.2) is 48.5 Å². The van der Waals surface area contributed by atoms with Crippen LogP contribution in [-0.2, 0) is 11.3 Å². The third kappa shape index (κ3) is 3.71. The van der Waals surface area contributed by atoms with Gasteiger partial charge in [0.2, 0.25) is 0 Å². The highest BCUT2D eigenvalue weighted by molar-refractivity contribution is 6.08. The predicted octanol–water partition coefficient (Wildman–Crippen LogP) is 2.44. The highest BCUT2D eigenvalue weighted by Gasteiger charge is 2.12. The molecule has 0 radical (unpaired) electrons. The van der Waals surface area contributed by atoms with E-state index in [2.05, 4.69) is 10.6 Å². The monoisotopic (exact) mass is 298 g/mol. The van der Waals surface area contributed by atoms with Gasteiger partial charge in [0.1, 0.15) is 0 Å². The molecule has 2 N–H and O–H groups in total. The Bertz CT molecular complexity index is 666. The average Bonchev–Trinajstić information content (AvgIpc) is 2.55. The van der Waals surface area contributed by atoms with Gasteiger partial charge >= 0.3 is 0 Å². The van der Waals surface area contributed by atoms with Crippen LogP contribution in [0.3, 0.4) is 0 Å². The molecule has 0 fully saturated rings. The molecule has 22 heavy (non-hydrogen) atoms. The normalized spacial score (nSPS) is 10.1. The molecule has 0 saturated heterocycles. The molecule has 0 bridgehead atoms. The summed E-state index contributed by atoms with van der Waals surface area (Å²) in [5.74, 6) is -0.508. The lowest BCUT2D eigenvalue weighted by Gasteiger charge is -2.10. The van der Waals surface area contributed by atoms with Crippen molar-refractivity contribution in [2.75, 3.05) is 19.5 Å². The smallest absolute Gasteiger partial charge is 0.255 e. The van der Waals surface area contributed by atoms with Crippen LogP contribution < -0.4 is 10.6 Å². The van der Waals surface area contributed by atoms with Gasteiger partial charge in [-0.05, 0) is 29.8 Å². The van der Waals surface area contributed by atoms with E-state index in [1.54, 1.807) is 50.6 Å². The van der Waals surface area contributed by atoms with E-state index >= 15 is 0 Å². The van der Waals surface area contributed by atoms with E-state index in [1.165, 1.54) is 0 Å². The van der Waals surface area contributed by atoms with Crippen LogP contribution in [0.1, 0.15) is 26.3 Å². The highest BCUT2D eigenvalue weighted by Crippen LogP contribution is 2.16. The zero-order valence-electron chi connectivity index (χ0n) is 12.6. The van der Waals surface area contributed by atoms with Crippen LogP contribution in [0.25, 0.3) is 0 Å². The van der Waals surface area contributed by atoms with Gasteiger partial charge in [-0.25, -0.2) is 0 Å². The number of amides is 2. The molecule has 2 aromatic rings. The van der Waals surface area contributed by atoms with Crippen molar-refractivity contribution in [1.29, 1.82) is 0 Å². The second-order valence-corrected chi connectivity index (χ2v) is 4.71. The molecule has 114 valence electrons. The number of nitrogens with one attached hydrogen (secondary N) is 2. The number of para-hydroxylation sites is 1. The van der Waals surface area contributed by atoms with Crippen molar-refractivity contribution in [3.63, 3.8) is 0 Å². The molecular weight excluding hydrogens is 280 g/mol. The lowest BCUT2D eigenvalue weighted by Crippen LogP contribution is -2.21. The Hall–Kier alpha value is -2.66. The fourth-order valence-corrected chi connectivity index (χ4v) is 2.04. The van der Waals surface area contributed by atoms with Gasteiger partial charge in [0.25, 0.3) is 11.8 Å². The maximum absolute atomic E-state index is 12.3. The van der Waals surface area contributed by atoms with Gasteiger partial charge in [-0.1, -0.05) is 24.3 Å². The Morgan fingerprint density at radius 3 is 2.32 bits per heavy atom. The first-order valence-electron chi connectivity index (χ1n) is 6.86. The van der Waals surface area contributed by atoms with Gasteiger partial charge in [-0.3, -0.25) is 9.59 Å². The van der Waals surface area contributed by atoms with Crippen LogP contribution in [-0.4, -0.2) is 26.0 Å². The van der Waals surface area contributed by atoms with Gasteiger partial charge < -0.3 is 15.4 Å². The largest absolute Gasteiger partial charge is 0.380 e. The molecule has 0 aromatic heterocycles. The van der Waals surface area contributed by atoms with Crippen LogP contribution in [0.5, 0.6) is 0 Å². The zero-order valence-corrected chi connectivity index (χ0v) is 12.6. The van der Waals surface area contributed by atoms with Crippen LogP contribution in [0, 0.1) is 0 Å². The van der Waals surface area contributed by atoms with Gasteiger partial charge in [0, 0.05) is 19.7 Å². The molecule has 0 aliphatic rings. The molecule has 0 heterocycles. The van der Waals surface area contributed by atoms with Crippen molar-refractivity contribution < 1.29 is 14.3 Å². The van der Waals surface area contributed by atoms with Crippen molar-refractivity contribution in [3.8, 4) is 0 Å². The molecule has 5 nitrogen and oxygen atoms in total. The van der Waals surface area contributed by atoms with E-state index in [0.717, 1.165) is 5.56 Å². The predicted molar refractivity (Wildman–Crippen MR) is 84.9 cm³/mol. The van der Waals surface area contributed by atoms with Crippen molar-refractivity contribution in [2.45, 2.75) is 6.61 Å². The third-order valence-corrected chi connectivity index (χ3v) is 3.17. The maximum Gasteiger partial charge on any atom is 0.255 e. The second kappa shape index (κ2) is 7.38. The molecule has 2 rings (SSSR count). The molecule has 2 aromatic carbocycles. The van der Waals surface area contributed by atoms with E-state index in [9.17, 15) is 9.59 Å². The summed E-state index contributed by atoms with van der Waals surface area (Å²) in [6.07, 6.45) is 0. The minimum absolute atomic E-state index is 0.244. The molecule has 0 saturated carbocycles. The van der Waals surface area contributed by atoms with Gasteiger partial charge in [0.15, 0.2) is 0 Å². The summed E-state index contributed by atoms with van der Waals surface area (Å²) in [7, 11) is 3.17. The number of hydrogen-bond donors (Lipinski definition) is 2. The van der Waals surface area contributed by atoms with Crippen molar-refractivity contribution in [2.24, 2.45) is 0 Å². The summed E-state index contributed by atoms with van der Waals surface area (Å²) in [4.78, 5) is 24.1. The van der Waals surface area contributed by atoms with E-state index < -0.39 is 0 Å². The SMILES string of the molecule is CNC(=O)c1ccccc1NC(=O)c1ccc(COC)cc1. The molecule has 5 heteroatoms. The van der Waals surface area contributed by atoms with Crippen molar-refractivity contribution in [3.05, 3.63) is 65.2 Å². The number of carbonyl (C=O) groups excluding carboxylic acids is 2. The van der Waals surface area contributed by atoms with E-state index in [0.29, 0.717) is 23.4 Å². The highest BCUT2D eigenvalue weighted by atomic mass is 16.5. The zero-order chi connectivity index (χ0) is 15.9. The molecule has 0 atom stereocenters. The molecule has 0 aliphatic carbocycles. The average molecular weight is 298 g/mol. The first-order chi connectivity index (χ1) is 10.7. The fraction of sp³-hybridized carbons (Fsp3) is 0.176. The Labute approximate surface area is 129 Å². The molecular formula is C17H18N2O3. The second-order valence-electron chi connectivity index (χ2n) is 4.71. The van der Waals surface area contributed by atoms with E-state index in [-0.39, 0.29) is 11.8 Å². The molecule has 0 spiro atoms. The summed E-state index contributed by atoms with van der Waals surface area (Å²) in [6.45, 7) is 0.501. The molecule has 0 aliphatic heterocycles. The Balaban J connectivity index is 2.17. The lowest BCUT2D eigenvalue weighted by atomic mass is 10.1. The van der Waals surface area contributed by atoms with Crippen molar-refractivity contribution in [1.82, 2.24) is 5.32 Å². The molecule has 2 amide bonds. The van der Waals surface area contributed by atoms with Gasteiger partial charge in [0.05, 0.1) is 17.9 Å². The number of hydrogen-bond acceptors (Lipinski definition) is 3. The number of methoxy groups -OCH3 is 1. The minimum Gasteiger partial charge on any atom is -0.380 e. The van der Waals surface area contributed by atoms with E-state index in [4.69, 9.17) is 4.74 Å².